The minimum Gasteiger partial charge on any atom is -0.497 e. The summed E-state index contributed by atoms with van der Waals surface area (Å²) in [7, 11) is 1.70. The van der Waals surface area contributed by atoms with Gasteiger partial charge in [-0.1, -0.05) is 18.2 Å². The minimum absolute atomic E-state index is 0.159. The van der Waals surface area contributed by atoms with Crippen LogP contribution in [-0.2, 0) is 27.5 Å². The SMILES string of the molecule is COc1cccc(CN2CCC(C(=O)N3CCN(Cc4ccc5c(c4)OCO5)CC3)CC2)c1.O=C(O)C(=O)O. The number of benzene rings is 2. The van der Waals surface area contributed by atoms with E-state index >= 15 is 0 Å². The Morgan fingerprint density at radius 3 is 2.08 bits per heavy atom. The minimum atomic E-state index is -1.82. The third kappa shape index (κ3) is 7.84. The molecule has 0 saturated carbocycles. The van der Waals surface area contributed by atoms with Crippen molar-refractivity contribution in [1.82, 2.24) is 14.7 Å². The maximum atomic E-state index is 13.1. The van der Waals surface area contributed by atoms with Crippen molar-refractivity contribution in [3.63, 3.8) is 0 Å². The Labute approximate surface area is 227 Å². The molecule has 1 amide bonds. The number of piperidine rings is 1. The molecule has 3 aliphatic rings. The van der Waals surface area contributed by atoms with E-state index in [0.717, 1.165) is 82.4 Å². The second kappa shape index (κ2) is 13.3. The number of carboxylic acid groups (broad SMARTS) is 2. The van der Waals surface area contributed by atoms with Gasteiger partial charge in [0.2, 0.25) is 12.7 Å². The number of hydrogen-bond donors (Lipinski definition) is 2. The highest BCUT2D eigenvalue weighted by molar-refractivity contribution is 6.27. The fourth-order valence-electron chi connectivity index (χ4n) is 5.05. The third-order valence-corrected chi connectivity index (χ3v) is 7.19. The predicted molar refractivity (Wildman–Crippen MR) is 141 cm³/mol. The maximum Gasteiger partial charge on any atom is 0.414 e. The number of carboxylic acids is 2. The van der Waals surface area contributed by atoms with Crippen LogP contribution in [0.4, 0.5) is 0 Å². The van der Waals surface area contributed by atoms with Crippen molar-refractivity contribution in [1.29, 1.82) is 0 Å². The molecule has 0 unspecified atom stereocenters. The molecule has 0 spiro atoms. The van der Waals surface area contributed by atoms with Gasteiger partial charge < -0.3 is 29.3 Å². The van der Waals surface area contributed by atoms with Gasteiger partial charge in [0.25, 0.3) is 0 Å². The van der Waals surface area contributed by atoms with Crippen LogP contribution in [0.1, 0.15) is 24.0 Å². The van der Waals surface area contributed by atoms with Crippen LogP contribution in [0, 0.1) is 5.92 Å². The van der Waals surface area contributed by atoms with E-state index in [1.165, 1.54) is 11.1 Å². The highest BCUT2D eigenvalue weighted by atomic mass is 16.7. The highest BCUT2D eigenvalue weighted by Crippen LogP contribution is 2.33. The number of amides is 1. The summed E-state index contributed by atoms with van der Waals surface area (Å²) < 4.78 is 16.2. The number of likely N-dealkylation sites (tertiary alicyclic amines) is 1. The van der Waals surface area contributed by atoms with Gasteiger partial charge in [-0.3, -0.25) is 14.6 Å². The molecule has 2 fully saturated rings. The molecule has 0 atom stereocenters. The lowest BCUT2D eigenvalue weighted by Crippen LogP contribution is -2.51. The molecule has 2 aromatic carbocycles. The first kappa shape index (κ1) is 28.2. The average molecular weight is 542 g/mol. The molecule has 210 valence electrons. The van der Waals surface area contributed by atoms with Gasteiger partial charge in [-0.15, -0.1) is 0 Å². The normalized spacial score (nSPS) is 17.7. The predicted octanol–water partition coefficient (Wildman–Crippen LogP) is 2.14. The first-order valence-corrected chi connectivity index (χ1v) is 13.0. The van der Waals surface area contributed by atoms with Crippen molar-refractivity contribution in [2.24, 2.45) is 5.92 Å². The molecule has 0 bridgehead atoms. The number of piperazine rings is 1. The molecule has 39 heavy (non-hydrogen) atoms. The number of ether oxygens (including phenoxy) is 3. The second-order valence-electron chi connectivity index (χ2n) is 9.80. The van der Waals surface area contributed by atoms with E-state index in [1.54, 1.807) is 7.11 Å². The molecule has 0 radical (unpaired) electrons. The van der Waals surface area contributed by atoms with Gasteiger partial charge in [0.1, 0.15) is 5.75 Å². The molecule has 0 aromatic heterocycles. The lowest BCUT2D eigenvalue weighted by atomic mass is 9.94. The van der Waals surface area contributed by atoms with Crippen LogP contribution in [-0.4, -0.2) is 95.9 Å². The third-order valence-electron chi connectivity index (χ3n) is 7.19. The fourth-order valence-corrected chi connectivity index (χ4v) is 5.05. The zero-order valence-corrected chi connectivity index (χ0v) is 22.1. The van der Waals surface area contributed by atoms with Crippen LogP contribution < -0.4 is 14.2 Å². The van der Waals surface area contributed by atoms with Crippen molar-refractivity contribution in [3.05, 3.63) is 53.6 Å². The number of methoxy groups -OCH3 is 1. The highest BCUT2D eigenvalue weighted by Gasteiger charge is 2.30. The molecule has 3 heterocycles. The number of carbonyl (C=O) groups is 3. The first-order valence-electron chi connectivity index (χ1n) is 13.0. The lowest BCUT2D eigenvalue weighted by molar-refractivity contribution is -0.159. The van der Waals surface area contributed by atoms with Crippen molar-refractivity contribution < 1.29 is 38.8 Å². The summed E-state index contributed by atoms with van der Waals surface area (Å²) in [5, 5.41) is 14.8. The number of rotatable bonds is 6. The van der Waals surface area contributed by atoms with E-state index in [9.17, 15) is 4.79 Å². The van der Waals surface area contributed by atoms with E-state index in [0.29, 0.717) is 12.7 Å². The molecule has 5 rings (SSSR count). The van der Waals surface area contributed by atoms with Crippen LogP contribution in [0.3, 0.4) is 0 Å². The summed E-state index contributed by atoms with van der Waals surface area (Å²) in [6, 6.07) is 14.4. The van der Waals surface area contributed by atoms with Crippen molar-refractivity contribution in [2.45, 2.75) is 25.9 Å². The van der Waals surface area contributed by atoms with Gasteiger partial charge in [-0.05, 0) is 61.3 Å². The number of carbonyl (C=O) groups excluding carboxylic acids is 1. The summed E-state index contributed by atoms with van der Waals surface area (Å²) in [6.07, 6.45) is 1.89. The number of fused-ring (bicyclic) bond motifs is 1. The van der Waals surface area contributed by atoms with Crippen LogP contribution in [0.25, 0.3) is 0 Å². The molecule has 2 aromatic rings. The van der Waals surface area contributed by atoms with Gasteiger partial charge in [0.15, 0.2) is 11.5 Å². The molecule has 2 saturated heterocycles. The van der Waals surface area contributed by atoms with Gasteiger partial charge in [0, 0.05) is 45.2 Å². The summed E-state index contributed by atoms with van der Waals surface area (Å²) in [4.78, 5) is 38.3. The van der Waals surface area contributed by atoms with E-state index in [-0.39, 0.29) is 5.92 Å². The van der Waals surface area contributed by atoms with Crippen LogP contribution in [0.2, 0.25) is 0 Å². The van der Waals surface area contributed by atoms with Gasteiger partial charge in [-0.2, -0.15) is 0 Å². The molecule has 3 aliphatic heterocycles. The lowest BCUT2D eigenvalue weighted by Gasteiger charge is -2.38. The standard InChI is InChI=1S/C26H33N3O4.C2H2O4/c1-31-23-4-2-3-20(15-23)17-27-9-7-22(8-10-27)26(30)29-13-11-28(12-14-29)18-21-5-6-24-25(16-21)33-19-32-24;3-1(4)2(5)6/h2-6,15-16,22H,7-14,17-19H2,1H3;(H,3,4)(H,5,6). The van der Waals surface area contributed by atoms with Gasteiger partial charge >= 0.3 is 11.9 Å². The zero-order valence-electron chi connectivity index (χ0n) is 22.1. The molecular formula is C28H35N3O8. The monoisotopic (exact) mass is 541 g/mol. The van der Waals surface area contributed by atoms with E-state index < -0.39 is 11.9 Å². The summed E-state index contributed by atoms with van der Waals surface area (Å²) in [6.45, 7) is 7.48. The summed E-state index contributed by atoms with van der Waals surface area (Å²) in [5.41, 5.74) is 2.49. The van der Waals surface area contributed by atoms with E-state index in [2.05, 4.69) is 39.0 Å². The topological polar surface area (TPSA) is 129 Å². The molecule has 11 nitrogen and oxygen atoms in total. The maximum absolute atomic E-state index is 13.1. The summed E-state index contributed by atoms with van der Waals surface area (Å²) in [5.74, 6) is -0.589. The Bertz CT molecular complexity index is 1150. The van der Waals surface area contributed by atoms with E-state index in [4.69, 9.17) is 34.0 Å². The quantitative estimate of drug-likeness (QED) is 0.525. The Morgan fingerprint density at radius 1 is 0.821 bits per heavy atom. The molecule has 2 N–H and O–H groups in total. The molecular weight excluding hydrogens is 506 g/mol. The van der Waals surface area contributed by atoms with Gasteiger partial charge in [0.05, 0.1) is 7.11 Å². The Kier molecular flexibility index (Phi) is 9.61. The van der Waals surface area contributed by atoms with Crippen molar-refractivity contribution >= 4 is 17.8 Å². The van der Waals surface area contributed by atoms with E-state index in [1.807, 2.05) is 18.2 Å². The second-order valence-corrected chi connectivity index (χ2v) is 9.80. The van der Waals surface area contributed by atoms with Crippen LogP contribution in [0.15, 0.2) is 42.5 Å². The Balaban J connectivity index is 0.000000531. The number of nitrogens with zero attached hydrogens (tertiary/aromatic N) is 3. The van der Waals surface area contributed by atoms with Gasteiger partial charge in [-0.25, -0.2) is 9.59 Å². The molecule has 0 aliphatic carbocycles. The summed E-state index contributed by atoms with van der Waals surface area (Å²) >= 11 is 0. The Morgan fingerprint density at radius 2 is 1.44 bits per heavy atom. The van der Waals surface area contributed by atoms with Crippen molar-refractivity contribution in [3.8, 4) is 17.2 Å². The fraction of sp³-hybridized carbons (Fsp3) is 0.464. The van der Waals surface area contributed by atoms with Crippen LogP contribution in [0.5, 0.6) is 17.2 Å². The smallest absolute Gasteiger partial charge is 0.414 e. The number of hydrogen-bond acceptors (Lipinski definition) is 8. The largest absolute Gasteiger partial charge is 0.497 e. The van der Waals surface area contributed by atoms with Crippen LogP contribution >= 0.6 is 0 Å². The average Bonchev–Trinajstić information content (AvgIpc) is 3.42. The number of aliphatic carboxylic acids is 2. The van der Waals surface area contributed by atoms with Crippen molar-refractivity contribution in [2.75, 3.05) is 53.2 Å². The Hall–Kier alpha value is -3.83. The first-order chi connectivity index (χ1) is 18.8. The zero-order chi connectivity index (χ0) is 27.8. The molecule has 11 heteroatoms.